The molecule has 5 fully saturated rings. The smallest absolute Gasteiger partial charge is 0.222 e. The summed E-state index contributed by atoms with van der Waals surface area (Å²) in [6.07, 6.45) is 7.13. The number of fused-ring (bicyclic) bond motifs is 3. The van der Waals surface area contributed by atoms with Gasteiger partial charge in [-0.05, 0) is 75.8 Å². The average molecular weight is 568 g/mol. The third kappa shape index (κ3) is 5.31. The van der Waals surface area contributed by atoms with Gasteiger partial charge in [-0.1, -0.05) is 19.9 Å². The highest BCUT2D eigenvalue weighted by Gasteiger charge is 2.69. The fourth-order valence-corrected chi connectivity index (χ4v) is 7.83. The minimum absolute atomic E-state index is 0.0179. The molecule has 1 aromatic heterocycles. The molecule has 9 atom stereocenters. The lowest BCUT2D eigenvalue weighted by atomic mass is 9.57. The number of methoxy groups -OCH3 is 1. The Hall–Kier alpha value is -2.46. The predicted octanol–water partition coefficient (Wildman–Crippen LogP) is 5.58. The zero-order valence-corrected chi connectivity index (χ0v) is 25.0. The Labute approximate surface area is 242 Å². The van der Waals surface area contributed by atoms with Crippen LogP contribution in [0.4, 0.5) is 5.69 Å². The SMILES string of the molecule is COc1cc(NC(C)CCCNC(=O)C[C@H]2O[C@@H]3O[C@]4(C)CC[C@H]5[C@H](C)CCC([C@H]2C)[C@@]35OO4)c2ncccc2c1. The number of pyridine rings is 1. The van der Waals surface area contributed by atoms with Crippen LogP contribution in [0, 0.1) is 23.7 Å². The van der Waals surface area contributed by atoms with Crippen LogP contribution in [-0.4, -0.2) is 54.4 Å². The Morgan fingerprint density at radius 1 is 1.20 bits per heavy atom. The zero-order valence-electron chi connectivity index (χ0n) is 25.0. The van der Waals surface area contributed by atoms with E-state index in [9.17, 15) is 4.79 Å². The number of amides is 1. The van der Waals surface area contributed by atoms with E-state index in [0.29, 0.717) is 24.8 Å². The Balaban J connectivity index is 1.02. The van der Waals surface area contributed by atoms with Crippen LogP contribution in [0.2, 0.25) is 0 Å². The van der Waals surface area contributed by atoms with E-state index < -0.39 is 17.7 Å². The predicted molar refractivity (Wildman–Crippen MR) is 155 cm³/mol. The van der Waals surface area contributed by atoms with Crippen LogP contribution in [-0.2, 0) is 24.0 Å². The summed E-state index contributed by atoms with van der Waals surface area (Å²) in [7, 11) is 1.67. The van der Waals surface area contributed by atoms with Gasteiger partial charge in [0.25, 0.3) is 0 Å². The lowest BCUT2D eigenvalue weighted by Gasteiger charge is -2.60. The standard InChI is InChI=1S/C32H45N3O6/c1-19-10-11-25-21(3)27(38-30-32(25)24(19)12-13-31(4,39-30)40-41-32)18-28(36)33-14-6-8-20(2)35-26-17-23(37-5)16-22-9-7-15-34-29(22)26/h7,9,15-17,19-21,24-25,27,30,35H,6,8,10-14,18H2,1-5H3,(H,33,36)/t19-,20?,21-,24+,25?,27-,30-,31+,32-/m1/s1. The third-order valence-electron chi connectivity index (χ3n) is 10.1. The van der Waals surface area contributed by atoms with Crippen molar-refractivity contribution in [1.82, 2.24) is 10.3 Å². The van der Waals surface area contributed by atoms with Crippen LogP contribution < -0.4 is 15.4 Å². The molecule has 5 aliphatic rings. The maximum Gasteiger partial charge on any atom is 0.222 e. The molecule has 1 amide bonds. The number of nitrogens with zero attached hydrogens (tertiary/aromatic N) is 1. The van der Waals surface area contributed by atoms with Crippen LogP contribution in [0.1, 0.15) is 72.6 Å². The molecule has 0 radical (unpaired) electrons. The first-order chi connectivity index (χ1) is 19.7. The Morgan fingerprint density at radius 3 is 2.88 bits per heavy atom. The topological polar surface area (TPSA) is 100 Å². The van der Waals surface area contributed by atoms with E-state index >= 15 is 0 Å². The van der Waals surface area contributed by atoms with Crippen molar-refractivity contribution in [3.8, 4) is 5.75 Å². The summed E-state index contributed by atoms with van der Waals surface area (Å²) in [6, 6.07) is 8.14. The van der Waals surface area contributed by atoms with Gasteiger partial charge in [0.05, 0.1) is 30.8 Å². The van der Waals surface area contributed by atoms with Gasteiger partial charge in [-0.25, -0.2) is 9.78 Å². The van der Waals surface area contributed by atoms with E-state index in [0.717, 1.165) is 60.9 Å². The van der Waals surface area contributed by atoms with Crippen molar-refractivity contribution in [2.75, 3.05) is 19.0 Å². The Kier molecular flexibility index (Phi) is 7.91. The van der Waals surface area contributed by atoms with Gasteiger partial charge in [0.2, 0.25) is 11.7 Å². The molecule has 7 rings (SSSR count). The van der Waals surface area contributed by atoms with Gasteiger partial charge in [0.1, 0.15) is 5.75 Å². The van der Waals surface area contributed by atoms with E-state index in [1.807, 2.05) is 31.2 Å². The number of rotatable bonds is 9. The van der Waals surface area contributed by atoms with Crippen molar-refractivity contribution >= 4 is 22.5 Å². The lowest BCUT2D eigenvalue weighted by Crippen LogP contribution is -2.70. The molecule has 1 aromatic carbocycles. The van der Waals surface area contributed by atoms with Gasteiger partial charge in [0, 0.05) is 42.6 Å². The first-order valence-corrected chi connectivity index (χ1v) is 15.4. The van der Waals surface area contributed by atoms with E-state index in [2.05, 4.69) is 36.4 Å². The second-order valence-corrected chi connectivity index (χ2v) is 12.9. The molecule has 4 aliphatic heterocycles. The Bertz CT molecular complexity index is 1260. The number of carbonyl (C=O) groups excluding carboxylic acids is 1. The molecular formula is C32H45N3O6. The van der Waals surface area contributed by atoms with Crippen LogP contribution >= 0.6 is 0 Å². The van der Waals surface area contributed by atoms with E-state index in [1.165, 1.54) is 0 Å². The van der Waals surface area contributed by atoms with Gasteiger partial charge in [0.15, 0.2) is 11.9 Å². The first-order valence-electron chi connectivity index (χ1n) is 15.4. The fraction of sp³-hybridized carbons (Fsp3) is 0.688. The van der Waals surface area contributed by atoms with Gasteiger partial charge < -0.3 is 24.8 Å². The molecule has 1 saturated carbocycles. The normalized spacial score (nSPS) is 36.7. The summed E-state index contributed by atoms with van der Waals surface area (Å²) in [5, 5.41) is 7.74. The minimum atomic E-state index is -0.803. The monoisotopic (exact) mass is 567 g/mol. The first kappa shape index (κ1) is 28.6. The van der Waals surface area contributed by atoms with Crippen molar-refractivity contribution in [2.24, 2.45) is 23.7 Å². The summed E-state index contributed by atoms with van der Waals surface area (Å²) >= 11 is 0. The van der Waals surface area contributed by atoms with E-state index in [4.69, 9.17) is 24.0 Å². The average Bonchev–Trinajstić information content (AvgIpc) is 3.19. The van der Waals surface area contributed by atoms with Gasteiger partial charge in [-0.15, -0.1) is 0 Å². The highest BCUT2D eigenvalue weighted by Crippen LogP contribution is 2.60. The van der Waals surface area contributed by atoms with Crippen LogP contribution in [0.3, 0.4) is 0 Å². The molecule has 1 spiro atoms. The number of carbonyl (C=O) groups is 1. The summed E-state index contributed by atoms with van der Waals surface area (Å²) in [4.78, 5) is 29.7. The van der Waals surface area contributed by atoms with Crippen LogP contribution in [0.5, 0.6) is 5.75 Å². The maximum atomic E-state index is 13.1. The highest BCUT2D eigenvalue weighted by atomic mass is 17.3. The number of ether oxygens (including phenoxy) is 3. The van der Waals surface area contributed by atoms with E-state index in [1.54, 1.807) is 13.3 Å². The molecule has 9 nitrogen and oxygen atoms in total. The molecular weight excluding hydrogens is 522 g/mol. The molecule has 4 saturated heterocycles. The molecule has 5 heterocycles. The van der Waals surface area contributed by atoms with Gasteiger partial charge in [-0.2, -0.15) is 0 Å². The molecule has 2 aromatic rings. The van der Waals surface area contributed by atoms with Crippen LogP contribution in [0.15, 0.2) is 30.5 Å². The molecule has 2 bridgehead atoms. The summed E-state index contributed by atoms with van der Waals surface area (Å²) in [5.74, 6) is 1.26. The largest absolute Gasteiger partial charge is 0.497 e. The molecule has 1 aliphatic carbocycles. The summed E-state index contributed by atoms with van der Waals surface area (Å²) in [6.45, 7) is 9.21. The van der Waals surface area contributed by atoms with Crippen molar-refractivity contribution < 1.29 is 28.8 Å². The number of hydrogen-bond donors (Lipinski definition) is 2. The van der Waals surface area contributed by atoms with Gasteiger partial charge >= 0.3 is 0 Å². The highest BCUT2D eigenvalue weighted by molar-refractivity contribution is 5.91. The fourth-order valence-electron chi connectivity index (χ4n) is 7.83. The van der Waals surface area contributed by atoms with Crippen molar-refractivity contribution in [3.63, 3.8) is 0 Å². The molecule has 2 N–H and O–H groups in total. The number of anilines is 1. The summed E-state index contributed by atoms with van der Waals surface area (Å²) < 4.78 is 18.5. The quantitative estimate of drug-likeness (QED) is 0.299. The van der Waals surface area contributed by atoms with Crippen molar-refractivity contribution in [2.45, 2.75) is 102 Å². The van der Waals surface area contributed by atoms with Crippen molar-refractivity contribution in [3.05, 3.63) is 30.5 Å². The number of benzene rings is 1. The lowest BCUT2D eigenvalue weighted by molar-refractivity contribution is -0.570. The Morgan fingerprint density at radius 2 is 2.05 bits per heavy atom. The molecule has 2 unspecified atom stereocenters. The minimum Gasteiger partial charge on any atom is -0.497 e. The third-order valence-corrected chi connectivity index (χ3v) is 10.1. The number of hydrogen-bond acceptors (Lipinski definition) is 8. The number of aromatic nitrogens is 1. The molecule has 41 heavy (non-hydrogen) atoms. The zero-order chi connectivity index (χ0) is 28.8. The summed E-state index contributed by atoms with van der Waals surface area (Å²) in [5.41, 5.74) is 1.29. The molecule has 224 valence electrons. The second-order valence-electron chi connectivity index (χ2n) is 12.9. The number of nitrogens with one attached hydrogen (secondary N) is 2. The van der Waals surface area contributed by atoms with Crippen molar-refractivity contribution in [1.29, 1.82) is 0 Å². The second kappa shape index (κ2) is 11.3. The van der Waals surface area contributed by atoms with E-state index in [-0.39, 0.29) is 29.9 Å². The molecule has 9 heteroatoms. The maximum absolute atomic E-state index is 13.1. The van der Waals surface area contributed by atoms with Crippen LogP contribution in [0.25, 0.3) is 10.9 Å². The van der Waals surface area contributed by atoms with Gasteiger partial charge in [-0.3, -0.25) is 9.78 Å².